The molecule has 2 aliphatic heterocycles. The summed E-state index contributed by atoms with van der Waals surface area (Å²) < 4.78 is 10.7. The first-order valence-electron chi connectivity index (χ1n) is 9.99. The lowest BCUT2D eigenvalue weighted by Gasteiger charge is -2.38. The Hall–Kier alpha value is -3.64. The highest BCUT2D eigenvalue weighted by Crippen LogP contribution is 2.38. The Bertz CT molecular complexity index is 1030. The van der Waals surface area contributed by atoms with Gasteiger partial charge in [0.15, 0.2) is 5.57 Å². The lowest BCUT2D eigenvalue weighted by atomic mass is 9.96. The predicted molar refractivity (Wildman–Crippen MR) is 118 cm³/mol. The van der Waals surface area contributed by atoms with Gasteiger partial charge in [0, 0.05) is 33.5 Å². The predicted octanol–water partition coefficient (Wildman–Crippen LogP) is 3.99. The largest absolute Gasteiger partial charge is 0.419 e. The molecule has 0 amide bonds. The van der Waals surface area contributed by atoms with Gasteiger partial charge >= 0.3 is 11.9 Å². The van der Waals surface area contributed by atoms with E-state index in [0.717, 1.165) is 22.5 Å². The molecule has 4 rings (SSSR count). The first-order chi connectivity index (χ1) is 14.8. The molecule has 0 atom stereocenters. The van der Waals surface area contributed by atoms with Crippen molar-refractivity contribution in [1.29, 1.82) is 0 Å². The molecule has 2 aliphatic rings. The Kier molecular flexibility index (Phi) is 5.25. The van der Waals surface area contributed by atoms with Gasteiger partial charge in [-0.25, -0.2) is 14.6 Å². The van der Waals surface area contributed by atoms with E-state index in [-0.39, 0.29) is 5.57 Å². The zero-order valence-corrected chi connectivity index (χ0v) is 18.0. The Morgan fingerprint density at radius 2 is 1.16 bits per heavy atom. The molecule has 2 heterocycles. The number of hydrogen-bond acceptors (Lipinski definition) is 6. The van der Waals surface area contributed by atoms with E-state index in [9.17, 15) is 9.59 Å². The number of hydrazine groups is 1. The number of carbonyl (C=O) groups is 2. The molecule has 1 saturated heterocycles. The Balaban J connectivity index is 1.96. The van der Waals surface area contributed by atoms with Crippen molar-refractivity contribution >= 4 is 23.3 Å². The maximum absolute atomic E-state index is 12.8. The Morgan fingerprint density at radius 3 is 1.55 bits per heavy atom. The van der Waals surface area contributed by atoms with Crippen LogP contribution in [0, 0.1) is 0 Å². The van der Waals surface area contributed by atoms with Crippen LogP contribution in [0.2, 0.25) is 0 Å². The van der Waals surface area contributed by atoms with Crippen molar-refractivity contribution in [1.82, 2.24) is 10.0 Å². The van der Waals surface area contributed by atoms with Crippen molar-refractivity contribution in [2.75, 3.05) is 14.1 Å². The van der Waals surface area contributed by atoms with Crippen molar-refractivity contribution < 1.29 is 19.1 Å². The molecule has 0 unspecified atom stereocenters. The molecule has 31 heavy (non-hydrogen) atoms. The second-order valence-electron chi connectivity index (χ2n) is 7.96. The molecule has 0 radical (unpaired) electrons. The van der Waals surface area contributed by atoms with E-state index in [1.165, 1.54) is 13.8 Å². The molecule has 6 nitrogen and oxygen atoms in total. The molecule has 0 saturated carbocycles. The highest BCUT2D eigenvalue weighted by molar-refractivity contribution is 6.17. The van der Waals surface area contributed by atoms with Crippen LogP contribution >= 0.6 is 0 Å². The van der Waals surface area contributed by atoms with Crippen LogP contribution in [0.5, 0.6) is 0 Å². The molecule has 0 spiro atoms. The average molecular weight is 416 g/mol. The first-order valence-corrected chi connectivity index (χ1v) is 9.99. The van der Waals surface area contributed by atoms with Crippen LogP contribution in [0.4, 0.5) is 0 Å². The number of benzene rings is 2. The van der Waals surface area contributed by atoms with Crippen molar-refractivity contribution in [3.05, 3.63) is 95.1 Å². The summed E-state index contributed by atoms with van der Waals surface area (Å²) in [5, 5.41) is 4.00. The lowest BCUT2D eigenvalue weighted by Crippen LogP contribution is -2.42. The molecule has 1 fully saturated rings. The zero-order chi connectivity index (χ0) is 22.2. The smallest absolute Gasteiger partial charge is 0.349 e. The maximum Gasteiger partial charge on any atom is 0.349 e. The van der Waals surface area contributed by atoms with E-state index in [1.54, 1.807) is 0 Å². The molecule has 158 valence electrons. The summed E-state index contributed by atoms with van der Waals surface area (Å²) in [5.74, 6) is -2.68. The van der Waals surface area contributed by atoms with Gasteiger partial charge in [0.1, 0.15) is 0 Å². The number of rotatable bonds is 3. The molecule has 0 aromatic heterocycles. The molecule has 0 aliphatic carbocycles. The van der Waals surface area contributed by atoms with Crippen LogP contribution in [0.25, 0.3) is 11.4 Å². The number of esters is 2. The van der Waals surface area contributed by atoms with Gasteiger partial charge < -0.3 is 9.47 Å². The number of allylic oxidation sites excluding steroid dienone is 3. The number of hydrogen-bond donors (Lipinski definition) is 0. The van der Waals surface area contributed by atoms with E-state index in [0.29, 0.717) is 5.57 Å². The summed E-state index contributed by atoms with van der Waals surface area (Å²) in [4.78, 5) is 25.5. The van der Waals surface area contributed by atoms with Crippen LogP contribution in [0.15, 0.2) is 84.0 Å². The van der Waals surface area contributed by atoms with Crippen LogP contribution in [0.1, 0.15) is 25.0 Å². The van der Waals surface area contributed by atoms with Gasteiger partial charge in [0.05, 0.1) is 11.4 Å². The van der Waals surface area contributed by atoms with E-state index in [1.807, 2.05) is 96.9 Å². The van der Waals surface area contributed by atoms with Crippen LogP contribution in [-0.4, -0.2) is 41.8 Å². The fraction of sp³-hybridized carbons (Fsp3) is 0.200. The second kappa shape index (κ2) is 7.89. The topological polar surface area (TPSA) is 59.1 Å². The summed E-state index contributed by atoms with van der Waals surface area (Å²) in [7, 11) is 3.88. The summed E-state index contributed by atoms with van der Waals surface area (Å²) >= 11 is 0. The van der Waals surface area contributed by atoms with Gasteiger partial charge in [-0.15, -0.1) is 0 Å². The molecular formula is C25H24N2O4. The van der Waals surface area contributed by atoms with Gasteiger partial charge in [-0.3, -0.25) is 5.01 Å². The lowest BCUT2D eigenvalue weighted by molar-refractivity contribution is -0.222. The van der Waals surface area contributed by atoms with Crippen molar-refractivity contribution in [3.63, 3.8) is 0 Å². The second-order valence-corrected chi connectivity index (χ2v) is 7.96. The van der Waals surface area contributed by atoms with Gasteiger partial charge in [0.25, 0.3) is 5.79 Å². The van der Waals surface area contributed by atoms with Crippen molar-refractivity contribution in [2.45, 2.75) is 19.6 Å². The maximum atomic E-state index is 12.8. The number of nitrogens with zero attached hydrogens (tertiary/aromatic N) is 2. The molecule has 0 bridgehead atoms. The quantitative estimate of drug-likeness (QED) is 0.428. The third kappa shape index (κ3) is 4.02. The van der Waals surface area contributed by atoms with E-state index in [4.69, 9.17) is 9.47 Å². The molecule has 0 N–H and O–H groups in total. The Labute approximate surface area is 181 Å². The highest BCUT2D eigenvalue weighted by Gasteiger charge is 2.41. The summed E-state index contributed by atoms with van der Waals surface area (Å²) in [6.07, 6.45) is 3.63. The normalized spacial score (nSPS) is 18.4. The van der Waals surface area contributed by atoms with Crippen molar-refractivity contribution in [2.24, 2.45) is 0 Å². The SMILES string of the molecule is CN(C)N1C(c2ccccc2)=CC(=C2C(=O)OC(C)(C)OC2=O)C=C1c1ccccc1. The third-order valence-electron chi connectivity index (χ3n) is 4.95. The summed E-state index contributed by atoms with van der Waals surface area (Å²) in [6, 6.07) is 19.6. The van der Waals surface area contributed by atoms with Gasteiger partial charge in [-0.2, -0.15) is 0 Å². The molecule has 2 aromatic carbocycles. The monoisotopic (exact) mass is 416 g/mol. The molecule has 6 heteroatoms. The van der Waals surface area contributed by atoms with Gasteiger partial charge in [-0.1, -0.05) is 60.7 Å². The fourth-order valence-electron chi connectivity index (χ4n) is 3.68. The van der Waals surface area contributed by atoms with Crippen molar-refractivity contribution in [3.8, 4) is 0 Å². The van der Waals surface area contributed by atoms with E-state index in [2.05, 4.69) is 0 Å². The minimum atomic E-state index is -1.29. The van der Waals surface area contributed by atoms with Crippen LogP contribution < -0.4 is 0 Å². The summed E-state index contributed by atoms with van der Waals surface area (Å²) in [5.41, 5.74) is 3.85. The minimum absolute atomic E-state index is 0.111. The number of ether oxygens (including phenoxy) is 2. The standard InChI is InChI=1S/C25H24N2O4/c1-25(2)30-23(28)22(24(29)31-25)19-15-20(17-11-7-5-8-12-17)27(26(3)4)21(16-19)18-13-9-6-10-14-18/h5-16H,1-4H3. The highest BCUT2D eigenvalue weighted by atomic mass is 16.7. The van der Waals surface area contributed by atoms with Crippen LogP contribution in [-0.2, 0) is 19.1 Å². The number of cyclic esters (lactones) is 2. The fourth-order valence-corrected chi connectivity index (χ4v) is 3.68. The molecule has 2 aromatic rings. The molecular weight excluding hydrogens is 392 g/mol. The van der Waals surface area contributed by atoms with Gasteiger partial charge in [0.2, 0.25) is 0 Å². The van der Waals surface area contributed by atoms with E-state index >= 15 is 0 Å². The summed E-state index contributed by atoms with van der Waals surface area (Å²) in [6.45, 7) is 3.07. The zero-order valence-electron chi connectivity index (χ0n) is 18.0. The van der Waals surface area contributed by atoms with Crippen LogP contribution in [0.3, 0.4) is 0 Å². The average Bonchev–Trinajstić information content (AvgIpc) is 2.73. The number of carbonyl (C=O) groups excluding carboxylic acids is 2. The Morgan fingerprint density at radius 1 is 0.742 bits per heavy atom. The van der Waals surface area contributed by atoms with E-state index < -0.39 is 17.7 Å². The first kappa shape index (κ1) is 20.6. The minimum Gasteiger partial charge on any atom is -0.419 e. The van der Waals surface area contributed by atoms with Gasteiger partial charge in [-0.05, 0) is 23.3 Å². The third-order valence-corrected chi connectivity index (χ3v) is 4.95.